The lowest BCUT2D eigenvalue weighted by Gasteiger charge is -2.20. The Bertz CT molecular complexity index is 1950. The van der Waals surface area contributed by atoms with Gasteiger partial charge >= 0.3 is 18.0 Å². The van der Waals surface area contributed by atoms with Crippen molar-refractivity contribution in [1.29, 1.82) is 0 Å². The van der Waals surface area contributed by atoms with E-state index in [1.165, 1.54) is 0 Å². The lowest BCUT2D eigenvalue weighted by Crippen LogP contribution is -2.54. The highest BCUT2D eigenvalue weighted by atomic mass is 16.7. The number of aromatic carboxylic acids is 2. The van der Waals surface area contributed by atoms with Crippen LogP contribution in [-0.4, -0.2) is 99.8 Å². The summed E-state index contributed by atoms with van der Waals surface area (Å²) >= 11 is 0. The van der Waals surface area contributed by atoms with Gasteiger partial charge in [-0.3, -0.25) is 24.0 Å². The number of carbonyl (C=O) groups excluding carboxylic acids is 4. The molecule has 0 saturated heterocycles. The Kier molecular flexibility index (Phi) is 14.4. The van der Waals surface area contributed by atoms with Gasteiger partial charge in [0, 0.05) is 26.7 Å². The van der Waals surface area contributed by atoms with Crippen molar-refractivity contribution >= 4 is 35.8 Å². The lowest BCUT2D eigenvalue weighted by molar-refractivity contribution is -0.123. The summed E-state index contributed by atoms with van der Waals surface area (Å²) in [5.74, 6) is -5.92. The van der Waals surface area contributed by atoms with Gasteiger partial charge in [-0.05, 0) is 50.6 Å². The highest BCUT2D eigenvalue weighted by Crippen LogP contribution is 2.07. The molecule has 2 aromatic heterocycles. The predicted molar refractivity (Wildman–Crippen MR) is 185 cm³/mol. The summed E-state index contributed by atoms with van der Waals surface area (Å²) in [7, 11) is 1.15. The quantitative estimate of drug-likeness (QED) is 0.0978. The molecular formula is C34H40N6O13. The van der Waals surface area contributed by atoms with Crippen molar-refractivity contribution in [2.45, 2.75) is 39.0 Å². The first kappa shape index (κ1) is 40.9. The number of carboxylic acid groups (broad SMARTS) is 2. The number of nitrogens with one attached hydrogen (secondary N) is 4. The van der Waals surface area contributed by atoms with Crippen LogP contribution in [0.4, 0.5) is 4.79 Å². The first-order chi connectivity index (χ1) is 25.0. The molecule has 19 nitrogen and oxygen atoms in total. The first-order valence-corrected chi connectivity index (χ1v) is 16.0. The van der Waals surface area contributed by atoms with Crippen LogP contribution in [0.1, 0.15) is 68.0 Å². The number of pyridine rings is 2. The summed E-state index contributed by atoms with van der Waals surface area (Å²) < 4.78 is 11.7. The van der Waals surface area contributed by atoms with Crippen molar-refractivity contribution in [3.8, 4) is 0 Å². The number of alkyl carbamates (subject to hydrolysis) is 1. The summed E-state index contributed by atoms with van der Waals surface area (Å²) in [5.41, 5.74) is -4.22. The summed E-state index contributed by atoms with van der Waals surface area (Å²) in [6, 6.07) is 10.8. The van der Waals surface area contributed by atoms with Gasteiger partial charge in [-0.1, -0.05) is 30.3 Å². The van der Waals surface area contributed by atoms with Crippen LogP contribution in [0.5, 0.6) is 0 Å². The number of benzene rings is 1. The average molecular weight is 741 g/mol. The fraction of sp³-hybridized carbons (Fsp3) is 0.353. The molecule has 19 heteroatoms. The van der Waals surface area contributed by atoms with Gasteiger partial charge in [0.25, 0.3) is 22.9 Å². The molecule has 1 aromatic carbocycles. The van der Waals surface area contributed by atoms with Gasteiger partial charge in [0.2, 0.25) is 5.91 Å². The molecule has 284 valence electrons. The second-order valence-corrected chi connectivity index (χ2v) is 12.2. The van der Waals surface area contributed by atoms with Gasteiger partial charge < -0.3 is 50.4 Å². The summed E-state index contributed by atoms with van der Waals surface area (Å²) in [5, 5.41) is 28.6. The SMILES string of the molecule is Cn1c(C(=O)O)ccc(C(=O)NCC(NC(=O)c2ccc(C(=O)O)n(OCc3ccccc3)c2=O)C(=O)NCCOCCNC(=O)OC(C)(C)C)c1=O. The van der Waals surface area contributed by atoms with Crippen LogP contribution in [0.25, 0.3) is 0 Å². The van der Waals surface area contributed by atoms with Crippen molar-refractivity contribution in [1.82, 2.24) is 30.6 Å². The van der Waals surface area contributed by atoms with E-state index in [2.05, 4.69) is 21.3 Å². The second-order valence-electron chi connectivity index (χ2n) is 12.2. The number of carbonyl (C=O) groups is 6. The Labute approximate surface area is 301 Å². The van der Waals surface area contributed by atoms with Gasteiger partial charge in [-0.25, -0.2) is 14.4 Å². The van der Waals surface area contributed by atoms with E-state index in [4.69, 9.17) is 14.3 Å². The molecule has 4 amide bonds. The van der Waals surface area contributed by atoms with E-state index in [0.717, 1.165) is 35.9 Å². The fourth-order valence-electron chi connectivity index (χ4n) is 4.46. The van der Waals surface area contributed by atoms with E-state index in [1.54, 1.807) is 51.1 Å². The summed E-state index contributed by atoms with van der Waals surface area (Å²) in [6.45, 7) is 4.30. The van der Waals surface area contributed by atoms with Crippen LogP contribution in [0.2, 0.25) is 0 Å². The molecule has 0 aliphatic carbocycles. The topological polar surface area (TPSA) is 263 Å². The third kappa shape index (κ3) is 12.1. The number of ether oxygens (including phenoxy) is 2. The molecule has 2 heterocycles. The van der Waals surface area contributed by atoms with Crippen molar-refractivity contribution in [2.24, 2.45) is 7.05 Å². The molecule has 0 radical (unpaired) electrons. The molecule has 1 atom stereocenters. The molecule has 0 aliphatic heterocycles. The van der Waals surface area contributed by atoms with E-state index in [0.29, 0.717) is 10.3 Å². The zero-order chi connectivity index (χ0) is 39.3. The number of hydrogen-bond acceptors (Lipinski definition) is 11. The number of hydrogen-bond donors (Lipinski definition) is 6. The molecule has 0 aliphatic rings. The minimum absolute atomic E-state index is 0.0408. The van der Waals surface area contributed by atoms with Crippen LogP contribution in [0.3, 0.4) is 0 Å². The van der Waals surface area contributed by atoms with Crippen LogP contribution in [0.15, 0.2) is 64.2 Å². The van der Waals surface area contributed by atoms with Gasteiger partial charge in [0.1, 0.15) is 35.1 Å². The van der Waals surface area contributed by atoms with Crippen molar-refractivity contribution < 1.29 is 53.3 Å². The number of rotatable bonds is 17. The largest absolute Gasteiger partial charge is 0.477 e. The van der Waals surface area contributed by atoms with E-state index in [9.17, 15) is 48.6 Å². The normalized spacial score (nSPS) is 11.5. The van der Waals surface area contributed by atoms with Gasteiger partial charge in [0.05, 0.1) is 13.2 Å². The van der Waals surface area contributed by atoms with Crippen LogP contribution >= 0.6 is 0 Å². The third-order valence-corrected chi connectivity index (χ3v) is 7.03. The second kappa shape index (κ2) is 18.7. The van der Waals surface area contributed by atoms with Crippen molar-refractivity contribution in [3.05, 3.63) is 103 Å². The molecular weight excluding hydrogens is 700 g/mol. The van der Waals surface area contributed by atoms with Crippen molar-refractivity contribution in [2.75, 3.05) is 32.8 Å². The van der Waals surface area contributed by atoms with Gasteiger partial charge in [-0.2, -0.15) is 0 Å². The fourth-order valence-corrected chi connectivity index (χ4v) is 4.46. The van der Waals surface area contributed by atoms with E-state index in [-0.39, 0.29) is 38.6 Å². The highest BCUT2D eigenvalue weighted by molar-refractivity contribution is 5.99. The number of aromatic nitrogens is 2. The molecule has 3 rings (SSSR count). The highest BCUT2D eigenvalue weighted by Gasteiger charge is 2.27. The molecule has 53 heavy (non-hydrogen) atoms. The maximum atomic E-state index is 13.4. The maximum absolute atomic E-state index is 13.4. The van der Waals surface area contributed by atoms with E-state index in [1.807, 2.05) is 0 Å². The third-order valence-electron chi connectivity index (χ3n) is 7.03. The number of amides is 4. The molecule has 0 spiro atoms. The number of nitrogens with zero attached hydrogens (tertiary/aromatic N) is 2. The zero-order valence-corrected chi connectivity index (χ0v) is 29.3. The average Bonchev–Trinajstić information content (AvgIpc) is 3.09. The van der Waals surface area contributed by atoms with E-state index >= 15 is 0 Å². The van der Waals surface area contributed by atoms with Gasteiger partial charge in [-0.15, -0.1) is 4.73 Å². The Morgan fingerprint density at radius 2 is 1.34 bits per heavy atom. The predicted octanol–water partition coefficient (Wildman–Crippen LogP) is -0.242. The van der Waals surface area contributed by atoms with E-state index < -0.39 is 81.9 Å². The summed E-state index contributed by atoms with van der Waals surface area (Å²) in [4.78, 5) is 106. The molecule has 3 aromatic rings. The van der Waals surface area contributed by atoms with Crippen LogP contribution in [-0.2, 0) is 27.9 Å². The zero-order valence-electron chi connectivity index (χ0n) is 29.3. The molecule has 6 N–H and O–H groups in total. The smallest absolute Gasteiger partial charge is 0.407 e. The first-order valence-electron chi connectivity index (χ1n) is 16.0. The van der Waals surface area contributed by atoms with Gasteiger partial charge in [0.15, 0.2) is 5.69 Å². The molecule has 0 saturated carbocycles. The molecule has 0 fully saturated rings. The van der Waals surface area contributed by atoms with Crippen LogP contribution < -0.4 is 37.2 Å². The minimum atomic E-state index is -1.57. The monoisotopic (exact) mass is 740 g/mol. The number of carboxylic acids is 2. The minimum Gasteiger partial charge on any atom is -0.477 e. The Hall–Kier alpha value is -6.50. The summed E-state index contributed by atoms with van der Waals surface area (Å²) in [6.07, 6.45) is -0.641. The molecule has 1 unspecified atom stereocenters. The Balaban J connectivity index is 1.76. The van der Waals surface area contributed by atoms with Crippen molar-refractivity contribution in [3.63, 3.8) is 0 Å². The Morgan fingerprint density at radius 3 is 1.94 bits per heavy atom. The molecule has 0 bridgehead atoms. The Morgan fingerprint density at radius 1 is 0.755 bits per heavy atom. The van der Waals surface area contributed by atoms with Crippen LogP contribution in [0, 0.1) is 0 Å². The maximum Gasteiger partial charge on any atom is 0.407 e. The lowest BCUT2D eigenvalue weighted by atomic mass is 10.2. The standard InChI is InChI=1S/C34H40N6O13/c1-34(2,3)53-33(50)36-15-17-51-16-14-35-28(43)23(18-37-26(41)21-10-12-24(31(46)47)39(4)29(21)44)38-27(42)22-11-13-25(32(48)49)40(30(22)45)52-19-20-8-6-5-7-9-20/h5-13,23H,14-19H2,1-4H3,(H,35,43)(H,36,50)(H,37,41)(H,38,42)(H,46,47)(H,48,49).